The van der Waals surface area contributed by atoms with Crippen LogP contribution in [-0.2, 0) is 4.79 Å². The zero-order chi connectivity index (χ0) is 16.1. The van der Waals surface area contributed by atoms with Crippen LogP contribution in [-0.4, -0.2) is 27.2 Å². The van der Waals surface area contributed by atoms with Crippen LogP contribution < -0.4 is 5.32 Å². The fourth-order valence-corrected chi connectivity index (χ4v) is 1.77. The van der Waals surface area contributed by atoms with Gasteiger partial charge in [-0.3, -0.25) is 4.79 Å². The van der Waals surface area contributed by atoms with Crippen molar-refractivity contribution in [3.05, 3.63) is 59.7 Å². The Hall–Kier alpha value is -3.28. The molecule has 6 nitrogen and oxygen atoms in total. The van der Waals surface area contributed by atoms with Crippen molar-refractivity contribution < 1.29 is 24.9 Å². The van der Waals surface area contributed by atoms with Gasteiger partial charge in [0.15, 0.2) is 0 Å². The minimum atomic E-state index is -1.26. The highest BCUT2D eigenvalue weighted by molar-refractivity contribution is 6.07. The third-order valence-corrected chi connectivity index (χ3v) is 2.84. The number of anilines is 1. The molecule has 0 aliphatic heterocycles. The Balaban J connectivity index is 2.16. The van der Waals surface area contributed by atoms with Gasteiger partial charge in [0, 0.05) is 6.08 Å². The Morgan fingerprint density at radius 2 is 1.68 bits per heavy atom. The van der Waals surface area contributed by atoms with Gasteiger partial charge in [-0.1, -0.05) is 18.2 Å². The minimum Gasteiger partial charge on any atom is -0.508 e. The molecule has 4 N–H and O–H groups in total. The number of para-hydroxylation sites is 1. The fourth-order valence-electron chi connectivity index (χ4n) is 1.77. The van der Waals surface area contributed by atoms with Crippen molar-refractivity contribution in [2.45, 2.75) is 0 Å². The smallest absolute Gasteiger partial charge is 0.337 e. The van der Waals surface area contributed by atoms with E-state index in [1.165, 1.54) is 42.5 Å². The summed E-state index contributed by atoms with van der Waals surface area (Å²) < 4.78 is 0. The summed E-state index contributed by atoms with van der Waals surface area (Å²) in [5, 5.41) is 30.2. The third-order valence-electron chi connectivity index (χ3n) is 2.84. The molecule has 112 valence electrons. The maximum absolute atomic E-state index is 11.8. The number of phenols is 2. The van der Waals surface area contributed by atoms with Crippen molar-refractivity contribution in [1.82, 2.24) is 0 Å². The second kappa shape index (κ2) is 6.45. The Labute approximate surface area is 126 Å². The third kappa shape index (κ3) is 3.63. The van der Waals surface area contributed by atoms with Crippen LogP contribution in [0, 0.1) is 0 Å². The Bertz CT molecular complexity index is 735. The summed E-state index contributed by atoms with van der Waals surface area (Å²) in [5.41, 5.74) is 0.324. The molecule has 0 atom stereocenters. The Morgan fingerprint density at radius 3 is 2.32 bits per heavy atom. The first kappa shape index (κ1) is 15.1. The zero-order valence-electron chi connectivity index (χ0n) is 11.4. The number of carboxylic acids is 1. The van der Waals surface area contributed by atoms with Crippen molar-refractivity contribution in [2.24, 2.45) is 0 Å². The quantitative estimate of drug-likeness (QED) is 0.512. The van der Waals surface area contributed by atoms with Gasteiger partial charge in [0.05, 0.1) is 11.3 Å². The van der Waals surface area contributed by atoms with Crippen LogP contribution in [0.15, 0.2) is 48.5 Å². The van der Waals surface area contributed by atoms with Gasteiger partial charge in [-0.15, -0.1) is 0 Å². The molecule has 6 heteroatoms. The topological polar surface area (TPSA) is 107 Å². The van der Waals surface area contributed by atoms with E-state index >= 15 is 0 Å². The first-order valence-corrected chi connectivity index (χ1v) is 6.31. The van der Waals surface area contributed by atoms with Crippen LogP contribution in [0.3, 0.4) is 0 Å². The SMILES string of the molecule is O=C(/C=C/c1ccc(O)cc1)Nc1c(O)cccc1C(=O)O. The second-order valence-corrected chi connectivity index (χ2v) is 4.42. The number of benzene rings is 2. The molecule has 0 heterocycles. The molecule has 22 heavy (non-hydrogen) atoms. The summed E-state index contributed by atoms with van der Waals surface area (Å²) in [6.45, 7) is 0. The van der Waals surface area contributed by atoms with E-state index in [-0.39, 0.29) is 22.7 Å². The van der Waals surface area contributed by atoms with Gasteiger partial charge in [0.2, 0.25) is 5.91 Å². The second-order valence-electron chi connectivity index (χ2n) is 4.42. The van der Waals surface area contributed by atoms with E-state index in [1.54, 1.807) is 12.1 Å². The van der Waals surface area contributed by atoms with Crippen molar-refractivity contribution in [1.29, 1.82) is 0 Å². The molecule has 0 aliphatic rings. The number of nitrogens with one attached hydrogen (secondary N) is 1. The molecule has 0 aromatic heterocycles. The zero-order valence-corrected chi connectivity index (χ0v) is 11.4. The number of carbonyl (C=O) groups is 2. The molecule has 0 saturated carbocycles. The number of carboxylic acid groups (broad SMARTS) is 1. The van der Waals surface area contributed by atoms with Crippen molar-refractivity contribution >= 4 is 23.6 Å². The maximum atomic E-state index is 11.8. The summed E-state index contributed by atoms with van der Waals surface area (Å²) >= 11 is 0. The molecule has 2 aromatic rings. The van der Waals surface area contributed by atoms with E-state index in [0.29, 0.717) is 5.56 Å². The highest BCUT2D eigenvalue weighted by Crippen LogP contribution is 2.27. The lowest BCUT2D eigenvalue weighted by molar-refractivity contribution is -0.111. The molecule has 0 fully saturated rings. The van der Waals surface area contributed by atoms with Crippen LogP contribution in [0.1, 0.15) is 15.9 Å². The fraction of sp³-hybridized carbons (Fsp3) is 0. The lowest BCUT2D eigenvalue weighted by atomic mass is 10.1. The average molecular weight is 299 g/mol. The van der Waals surface area contributed by atoms with E-state index in [0.717, 1.165) is 0 Å². The van der Waals surface area contributed by atoms with Crippen LogP contribution >= 0.6 is 0 Å². The summed E-state index contributed by atoms with van der Waals surface area (Å²) in [6.07, 6.45) is 2.69. The van der Waals surface area contributed by atoms with Gasteiger partial charge in [0.1, 0.15) is 11.5 Å². The normalized spacial score (nSPS) is 10.5. The average Bonchev–Trinajstić information content (AvgIpc) is 2.48. The van der Waals surface area contributed by atoms with E-state index in [2.05, 4.69) is 5.32 Å². The van der Waals surface area contributed by atoms with Crippen molar-refractivity contribution in [3.63, 3.8) is 0 Å². The lowest BCUT2D eigenvalue weighted by Gasteiger charge is -2.08. The summed E-state index contributed by atoms with van der Waals surface area (Å²) in [4.78, 5) is 22.9. The highest BCUT2D eigenvalue weighted by atomic mass is 16.4. The number of rotatable bonds is 4. The molecule has 0 saturated heterocycles. The molecule has 2 aromatic carbocycles. The van der Waals surface area contributed by atoms with E-state index in [1.807, 2.05) is 0 Å². The first-order chi connectivity index (χ1) is 10.5. The predicted molar refractivity (Wildman–Crippen MR) is 80.8 cm³/mol. The van der Waals surface area contributed by atoms with Gasteiger partial charge >= 0.3 is 5.97 Å². The standard InChI is InChI=1S/C16H13NO5/c18-11-7-4-10(5-8-11)6-9-14(20)17-15-12(16(21)22)2-1-3-13(15)19/h1-9,18-19H,(H,17,20)(H,21,22)/b9-6+. The summed E-state index contributed by atoms with van der Waals surface area (Å²) in [7, 11) is 0. The largest absolute Gasteiger partial charge is 0.508 e. The molecular weight excluding hydrogens is 286 g/mol. The van der Waals surface area contributed by atoms with Gasteiger partial charge in [-0.05, 0) is 35.9 Å². The number of hydrogen-bond acceptors (Lipinski definition) is 4. The number of phenolic OH excluding ortho intramolecular Hbond substituents is 2. The van der Waals surface area contributed by atoms with Gasteiger partial charge in [-0.2, -0.15) is 0 Å². The van der Waals surface area contributed by atoms with Crippen LogP contribution in [0.4, 0.5) is 5.69 Å². The van der Waals surface area contributed by atoms with Crippen molar-refractivity contribution in [2.75, 3.05) is 5.32 Å². The van der Waals surface area contributed by atoms with Gasteiger partial charge < -0.3 is 20.6 Å². The number of carbonyl (C=O) groups excluding carboxylic acids is 1. The van der Waals surface area contributed by atoms with Crippen LogP contribution in [0.2, 0.25) is 0 Å². The van der Waals surface area contributed by atoms with E-state index in [4.69, 9.17) is 10.2 Å². The van der Waals surface area contributed by atoms with E-state index < -0.39 is 11.9 Å². The molecular formula is C16H13NO5. The molecule has 0 aliphatic carbocycles. The molecule has 2 rings (SSSR count). The molecule has 0 spiro atoms. The highest BCUT2D eigenvalue weighted by Gasteiger charge is 2.14. The van der Waals surface area contributed by atoms with Crippen LogP contribution in [0.5, 0.6) is 11.5 Å². The first-order valence-electron chi connectivity index (χ1n) is 6.31. The number of amides is 1. The van der Waals surface area contributed by atoms with Crippen molar-refractivity contribution in [3.8, 4) is 11.5 Å². The number of aromatic hydroxyl groups is 2. The van der Waals surface area contributed by atoms with Gasteiger partial charge in [0.25, 0.3) is 0 Å². The number of aromatic carboxylic acids is 1. The lowest BCUT2D eigenvalue weighted by Crippen LogP contribution is -2.12. The Kier molecular flexibility index (Phi) is 4.43. The predicted octanol–water partition coefficient (Wildman–Crippen LogP) is 2.45. The number of hydrogen-bond donors (Lipinski definition) is 4. The molecule has 0 unspecified atom stereocenters. The van der Waals surface area contributed by atoms with Gasteiger partial charge in [-0.25, -0.2) is 4.79 Å². The summed E-state index contributed by atoms with van der Waals surface area (Å²) in [6, 6.07) is 10.1. The molecule has 0 bridgehead atoms. The minimum absolute atomic E-state index is 0.113. The molecule has 0 radical (unpaired) electrons. The Morgan fingerprint density at radius 1 is 1.00 bits per heavy atom. The monoisotopic (exact) mass is 299 g/mol. The summed E-state index contributed by atoms with van der Waals surface area (Å²) in [5.74, 6) is -2.06. The molecule has 1 amide bonds. The van der Waals surface area contributed by atoms with E-state index in [9.17, 15) is 14.7 Å². The van der Waals surface area contributed by atoms with Crippen LogP contribution in [0.25, 0.3) is 6.08 Å². The maximum Gasteiger partial charge on any atom is 0.337 e.